The Labute approximate surface area is 154 Å². The van der Waals surface area contributed by atoms with E-state index in [2.05, 4.69) is 6.92 Å². The van der Waals surface area contributed by atoms with Gasteiger partial charge >= 0.3 is 11.9 Å². The quantitative estimate of drug-likeness (QED) is 0.232. The third kappa shape index (κ3) is 17.6. The van der Waals surface area contributed by atoms with E-state index in [9.17, 15) is 9.59 Å². The summed E-state index contributed by atoms with van der Waals surface area (Å²) in [5, 5.41) is 8.66. The molecule has 0 aliphatic heterocycles. The molecule has 0 saturated heterocycles. The van der Waals surface area contributed by atoms with E-state index in [1.54, 1.807) is 0 Å². The van der Waals surface area contributed by atoms with Crippen molar-refractivity contribution < 1.29 is 19.4 Å². The number of carbonyl (C=O) groups is 2. The maximum Gasteiger partial charge on any atom is 0.344 e. The van der Waals surface area contributed by atoms with Gasteiger partial charge in [-0.2, -0.15) is 0 Å². The summed E-state index contributed by atoms with van der Waals surface area (Å²) in [4.78, 5) is 22.0. The number of ether oxygens (including phenoxy) is 1. The van der Waals surface area contributed by atoms with Crippen LogP contribution in [0.2, 0.25) is 0 Å². The number of hydrogen-bond donors (Lipinski definition) is 1. The maximum absolute atomic E-state index is 11.4. The van der Waals surface area contributed by atoms with Crippen LogP contribution in [0.15, 0.2) is 0 Å². The summed E-state index contributed by atoms with van der Waals surface area (Å²) in [6.07, 6.45) is 18.6. The zero-order valence-electron chi connectivity index (χ0n) is 16.6. The average molecular weight is 357 g/mol. The lowest BCUT2D eigenvalue weighted by molar-refractivity contribution is -0.162. The van der Waals surface area contributed by atoms with E-state index >= 15 is 0 Å². The molecule has 0 rings (SSSR count). The fourth-order valence-corrected chi connectivity index (χ4v) is 2.95. The Kier molecular flexibility index (Phi) is 17.0. The van der Waals surface area contributed by atoms with E-state index in [0.29, 0.717) is 6.42 Å². The molecule has 148 valence electrons. The number of carboxylic acid groups (broad SMARTS) is 1. The van der Waals surface area contributed by atoms with Crippen LogP contribution in [0.4, 0.5) is 0 Å². The van der Waals surface area contributed by atoms with E-state index in [0.717, 1.165) is 19.3 Å². The fourth-order valence-electron chi connectivity index (χ4n) is 2.95. The van der Waals surface area contributed by atoms with Crippen LogP contribution >= 0.6 is 0 Å². The maximum atomic E-state index is 11.4. The second kappa shape index (κ2) is 17.8. The molecule has 1 N–H and O–H groups in total. The summed E-state index contributed by atoms with van der Waals surface area (Å²) >= 11 is 0. The molecular weight excluding hydrogens is 316 g/mol. The molecule has 0 aliphatic carbocycles. The Bertz CT molecular complexity index is 328. The molecule has 0 bridgehead atoms. The highest BCUT2D eigenvalue weighted by atomic mass is 16.6. The van der Waals surface area contributed by atoms with Gasteiger partial charge in [-0.3, -0.25) is 4.79 Å². The van der Waals surface area contributed by atoms with Crippen molar-refractivity contribution in [2.45, 2.75) is 123 Å². The normalized spacial score (nSPS) is 12.1. The van der Waals surface area contributed by atoms with Gasteiger partial charge in [-0.25, -0.2) is 4.79 Å². The summed E-state index contributed by atoms with van der Waals surface area (Å²) in [5.41, 5.74) is 0. The molecule has 1 atom stereocenters. The minimum Gasteiger partial charge on any atom is -0.479 e. The largest absolute Gasteiger partial charge is 0.479 e. The Balaban J connectivity index is 3.19. The van der Waals surface area contributed by atoms with E-state index in [4.69, 9.17) is 9.84 Å². The summed E-state index contributed by atoms with van der Waals surface area (Å²) in [6.45, 7) is 3.64. The zero-order valence-corrected chi connectivity index (χ0v) is 16.6. The van der Waals surface area contributed by atoms with Crippen molar-refractivity contribution in [3.05, 3.63) is 0 Å². The molecule has 0 heterocycles. The van der Waals surface area contributed by atoms with Crippen LogP contribution in [0.5, 0.6) is 0 Å². The lowest BCUT2D eigenvalue weighted by Gasteiger charge is -2.08. The Morgan fingerprint density at radius 2 is 1.08 bits per heavy atom. The van der Waals surface area contributed by atoms with E-state index in [-0.39, 0.29) is 0 Å². The van der Waals surface area contributed by atoms with Crippen LogP contribution in [0, 0.1) is 0 Å². The predicted molar refractivity (Wildman–Crippen MR) is 103 cm³/mol. The highest BCUT2D eigenvalue weighted by Gasteiger charge is 2.15. The lowest BCUT2D eigenvalue weighted by Crippen LogP contribution is -2.23. The third-order valence-corrected chi connectivity index (χ3v) is 4.64. The molecule has 0 spiro atoms. The predicted octanol–water partition coefficient (Wildman–Crippen LogP) is 6.26. The topological polar surface area (TPSA) is 63.6 Å². The minimum atomic E-state index is -1.09. The summed E-state index contributed by atoms with van der Waals surface area (Å²) in [6, 6.07) is 0. The molecule has 0 unspecified atom stereocenters. The number of rotatable bonds is 18. The molecule has 0 fully saturated rings. The van der Waals surface area contributed by atoms with E-state index < -0.39 is 18.0 Å². The molecule has 0 radical (unpaired) electrons. The minimum absolute atomic E-state index is 0.329. The SMILES string of the molecule is CCCCCCCCCCCCCCCCCC(=O)O[C@H](C)C(=O)O. The van der Waals surface area contributed by atoms with Gasteiger partial charge in [0.1, 0.15) is 0 Å². The molecule has 4 heteroatoms. The Hall–Kier alpha value is -1.06. The first-order chi connectivity index (χ1) is 12.1. The molecule has 0 aromatic rings. The number of esters is 1. The van der Waals surface area contributed by atoms with Crippen LogP contribution in [0.3, 0.4) is 0 Å². The van der Waals surface area contributed by atoms with Crippen LogP contribution < -0.4 is 0 Å². The molecule has 0 saturated carbocycles. The Morgan fingerprint density at radius 1 is 0.720 bits per heavy atom. The number of carboxylic acids is 1. The summed E-state index contributed by atoms with van der Waals surface area (Å²) in [7, 11) is 0. The van der Waals surface area contributed by atoms with Crippen molar-refractivity contribution in [3.8, 4) is 0 Å². The zero-order chi connectivity index (χ0) is 18.8. The summed E-state index contributed by atoms with van der Waals surface area (Å²) in [5.74, 6) is -1.49. The fraction of sp³-hybridized carbons (Fsp3) is 0.905. The van der Waals surface area contributed by atoms with Crippen molar-refractivity contribution in [2.75, 3.05) is 0 Å². The third-order valence-electron chi connectivity index (χ3n) is 4.64. The molecule has 0 aromatic carbocycles. The van der Waals surface area contributed by atoms with Crippen molar-refractivity contribution in [2.24, 2.45) is 0 Å². The number of hydrogen-bond acceptors (Lipinski definition) is 3. The van der Waals surface area contributed by atoms with Gasteiger partial charge in [0.15, 0.2) is 6.10 Å². The Morgan fingerprint density at radius 3 is 1.44 bits per heavy atom. The highest BCUT2D eigenvalue weighted by Crippen LogP contribution is 2.13. The van der Waals surface area contributed by atoms with Gasteiger partial charge in [-0.1, -0.05) is 96.8 Å². The summed E-state index contributed by atoms with van der Waals surface area (Å²) < 4.78 is 4.79. The first kappa shape index (κ1) is 23.9. The van der Waals surface area contributed by atoms with Gasteiger partial charge in [0.2, 0.25) is 0 Å². The molecule has 25 heavy (non-hydrogen) atoms. The van der Waals surface area contributed by atoms with Crippen LogP contribution in [0.25, 0.3) is 0 Å². The van der Waals surface area contributed by atoms with Crippen molar-refractivity contribution in [1.82, 2.24) is 0 Å². The standard InChI is InChI=1S/C21H40O4/c1-3-4-5-6-7-8-9-10-11-12-13-14-15-16-17-18-20(22)25-19(2)21(23)24/h19H,3-18H2,1-2H3,(H,23,24)/t19-/m1/s1. The van der Waals surface area contributed by atoms with Crippen molar-refractivity contribution in [1.29, 1.82) is 0 Å². The first-order valence-electron chi connectivity index (χ1n) is 10.5. The van der Waals surface area contributed by atoms with Gasteiger partial charge in [0.25, 0.3) is 0 Å². The second-order valence-electron chi connectivity index (χ2n) is 7.17. The van der Waals surface area contributed by atoms with Crippen molar-refractivity contribution in [3.63, 3.8) is 0 Å². The molecular formula is C21H40O4. The number of aliphatic carboxylic acids is 1. The van der Waals surface area contributed by atoms with Gasteiger partial charge in [0, 0.05) is 6.42 Å². The lowest BCUT2D eigenvalue weighted by atomic mass is 10.0. The van der Waals surface area contributed by atoms with Crippen LogP contribution in [-0.2, 0) is 14.3 Å². The van der Waals surface area contributed by atoms with Crippen LogP contribution in [0.1, 0.15) is 117 Å². The van der Waals surface area contributed by atoms with Crippen LogP contribution in [-0.4, -0.2) is 23.1 Å². The molecule has 4 nitrogen and oxygen atoms in total. The average Bonchev–Trinajstić information content (AvgIpc) is 2.58. The molecule has 0 aliphatic rings. The van der Waals surface area contributed by atoms with Crippen molar-refractivity contribution >= 4 is 11.9 Å². The second-order valence-corrected chi connectivity index (χ2v) is 7.17. The monoisotopic (exact) mass is 356 g/mol. The molecule has 0 aromatic heterocycles. The van der Waals surface area contributed by atoms with Gasteiger partial charge in [-0.15, -0.1) is 0 Å². The highest BCUT2D eigenvalue weighted by molar-refractivity contribution is 5.77. The van der Waals surface area contributed by atoms with E-state index in [1.807, 2.05) is 0 Å². The molecule has 0 amide bonds. The number of unbranched alkanes of at least 4 members (excludes halogenated alkanes) is 14. The van der Waals surface area contributed by atoms with Gasteiger partial charge in [-0.05, 0) is 13.3 Å². The first-order valence-corrected chi connectivity index (χ1v) is 10.5. The van der Waals surface area contributed by atoms with Gasteiger partial charge in [0.05, 0.1) is 0 Å². The van der Waals surface area contributed by atoms with Gasteiger partial charge < -0.3 is 9.84 Å². The smallest absolute Gasteiger partial charge is 0.344 e. The van der Waals surface area contributed by atoms with E-state index in [1.165, 1.54) is 84.0 Å². The number of carbonyl (C=O) groups excluding carboxylic acids is 1.